The van der Waals surface area contributed by atoms with E-state index in [1.807, 2.05) is 42.5 Å². The summed E-state index contributed by atoms with van der Waals surface area (Å²) in [5, 5.41) is 12.2. The number of likely N-dealkylation sites (N-methyl/N-ethyl adjacent to an activating group) is 1. The van der Waals surface area contributed by atoms with E-state index >= 15 is 0 Å². The van der Waals surface area contributed by atoms with Gasteiger partial charge in [0, 0.05) is 24.6 Å². The average molecular weight is 564 g/mol. The summed E-state index contributed by atoms with van der Waals surface area (Å²) in [6.45, 7) is 1.51. The lowest BCUT2D eigenvalue weighted by Gasteiger charge is -2.64. The van der Waals surface area contributed by atoms with Gasteiger partial charge >= 0.3 is 6.01 Å². The number of likely N-dealkylation sites (tertiary alicyclic amines) is 1. The Balaban J connectivity index is 1.18. The number of ether oxygens (including phenoxy) is 3. The van der Waals surface area contributed by atoms with E-state index in [0.717, 1.165) is 43.5 Å². The van der Waals surface area contributed by atoms with Crippen LogP contribution in [-0.2, 0) is 27.8 Å². The van der Waals surface area contributed by atoms with Crippen molar-refractivity contribution < 1.29 is 19.0 Å². The molecule has 2 aliphatic heterocycles. The first-order valence-corrected chi connectivity index (χ1v) is 14.9. The number of nitrogens with zero attached hydrogens (tertiary/aromatic N) is 5. The number of rotatable bonds is 8. The van der Waals surface area contributed by atoms with E-state index in [4.69, 9.17) is 14.2 Å². The van der Waals surface area contributed by atoms with Crippen LogP contribution in [0.25, 0.3) is 5.69 Å². The molecule has 42 heavy (non-hydrogen) atoms. The number of carbonyl (C=O) groups is 1. The van der Waals surface area contributed by atoms with Crippen LogP contribution in [-0.4, -0.2) is 68.8 Å². The second-order valence-corrected chi connectivity index (χ2v) is 12.0. The van der Waals surface area contributed by atoms with Crippen molar-refractivity contribution in [2.45, 2.75) is 61.7 Å². The third-order valence-corrected chi connectivity index (χ3v) is 9.93. The molecule has 3 aromatic carbocycles. The molecule has 9 heteroatoms. The third kappa shape index (κ3) is 3.63. The molecule has 2 aliphatic carbocycles. The largest absolute Gasteiger partial charge is 0.477 e. The first-order chi connectivity index (χ1) is 20.6. The lowest BCUT2D eigenvalue weighted by molar-refractivity contribution is -0.210. The molecule has 2 fully saturated rings. The highest BCUT2D eigenvalue weighted by Gasteiger charge is 2.74. The third-order valence-electron chi connectivity index (χ3n) is 9.93. The molecular weight excluding hydrogens is 530 g/mol. The Morgan fingerprint density at radius 1 is 1.02 bits per heavy atom. The maximum absolute atomic E-state index is 13.7. The highest BCUT2D eigenvalue weighted by molar-refractivity contribution is 5.90. The fourth-order valence-corrected chi connectivity index (χ4v) is 8.12. The number of hydrogen-bond acceptors (Lipinski definition) is 8. The van der Waals surface area contributed by atoms with Crippen LogP contribution in [0, 0.1) is 0 Å². The van der Waals surface area contributed by atoms with Crippen LogP contribution in [0.2, 0.25) is 0 Å². The summed E-state index contributed by atoms with van der Waals surface area (Å²) < 4.78 is 21.7. The topological polar surface area (TPSA) is 91.6 Å². The van der Waals surface area contributed by atoms with E-state index in [0.29, 0.717) is 30.9 Å². The van der Waals surface area contributed by atoms with E-state index in [2.05, 4.69) is 57.8 Å². The van der Waals surface area contributed by atoms with Crippen LogP contribution in [0.3, 0.4) is 0 Å². The highest BCUT2D eigenvalue weighted by Crippen LogP contribution is 2.66. The van der Waals surface area contributed by atoms with Gasteiger partial charge in [-0.25, -0.2) is 0 Å². The fourth-order valence-electron chi connectivity index (χ4n) is 8.12. The summed E-state index contributed by atoms with van der Waals surface area (Å²) in [5.41, 5.74) is 3.32. The number of ketones is 1. The molecule has 1 aromatic heterocycles. The molecule has 214 valence electrons. The maximum atomic E-state index is 13.7. The Hall–Kier alpha value is -4.08. The minimum atomic E-state index is -0.597. The summed E-state index contributed by atoms with van der Waals surface area (Å²) in [6, 6.07) is 24.6. The minimum absolute atomic E-state index is 0.144. The van der Waals surface area contributed by atoms with Crippen molar-refractivity contribution in [2.75, 3.05) is 20.2 Å². The van der Waals surface area contributed by atoms with Crippen molar-refractivity contribution in [2.24, 2.45) is 0 Å². The minimum Gasteiger partial charge on any atom is -0.477 e. The molecule has 1 saturated carbocycles. The predicted octanol–water partition coefficient (Wildman–Crippen LogP) is 4.46. The SMILES string of the molecule is CN1CC[C@]23c4c5ccc(Oc6nnnn6-c6ccccc6)c4OC2C(=O)CC[C@@]3(OCCCc2ccccc2)[C@H]1C5. The van der Waals surface area contributed by atoms with Crippen molar-refractivity contribution in [3.63, 3.8) is 0 Å². The number of carbonyl (C=O) groups excluding carboxylic acids is 1. The number of tetrazole rings is 1. The van der Waals surface area contributed by atoms with Gasteiger partial charge in [-0.2, -0.15) is 4.68 Å². The number of aromatic nitrogens is 4. The molecule has 4 aliphatic rings. The van der Waals surface area contributed by atoms with Crippen molar-refractivity contribution in [3.8, 4) is 23.2 Å². The zero-order chi connectivity index (χ0) is 28.3. The molecule has 3 heterocycles. The number of benzene rings is 3. The molecule has 1 unspecified atom stereocenters. The van der Waals surface area contributed by atoms with E-state index in [9.17, 15) is 4.79 Å². The van der Waals surface area contributed by atoms with Crippen LogP contribution in [0.4, 0.5) is 0 Å². The van der Waals surface area contributed by atoms with E-state index < -0.39 is 17.1 Å². The molecule has 0 radical (unpaired) electrons. The maximum Gasteiger partial charge on any atom is 0.346 e. The molecule has 8 rings (SSSR count). The van der Waals surface area contributed by atoms with Gasteiger partial charge in [0.1, 0.15) is 0 Å². The van der Waals surface area contributed by atoms with E-state index in [-0.39, 0.29) is 17.8 Å². The average Bonchev–Trinajstić information content (AvgIpc) is 3.63. The van der Waals surface area contributed by atoms with Gasteiger partial charge < -0.3 is 19.1 Å². The van der Waals surface area contributed by atoms with Crippen LogP contribution < -0.4 is 9.47 Å². The van der Waals surface area contributed by atoms with E-state index in [1.165, 1.54) is 11.1 Å². The quantitative estimate of drug-likeness (QED) is 0.290. The zero-order valence-corrected chi connectivity index (χ0v) is 23.6. The molecule has 1 saturated heterocycles. The number of hydrogen-bond donors (Lipinski definition) is 0. The van der Waals surface area contributed by atoms with Gasteiger partial charge in [0.25, 0.3) is 0 Å². The Morgan fingerprint density at radius 3 is 2.67 bits per heavy atom. The van der Waals surface area contributed by atoms with Gasteiger partial charge in [-0.15, -0.1) is 0 Å². The lowest BCUT2D eigenvalue weighted by Crippen LogP contribution is -2.77. The molecule has 0 N–H and O–H groups in total. The van der Waals surface area contributed by atoms with Crippen molar-refractivity contribution >= 4 is 5.78 Å². The molecule has 9 nitrogen and oxygen atoms in total. The number of para-hydroxylation sites is 1. The summed E-state index contributed by atoms with van der Waals surface area (Å²) in [4.78, 5) is 16.1. The first-order valence-electron chi connectivity index (χ1n) is 14.9. The molecule has 4 atom stereocenters. The summed E-state index contributed by atoms with van der Waals surface area (Å²) in [6.07, 6.45) is 4.05. The first kappa shape index (κ1) is 25.6. The van der Waals surface area contributed by atoms with Crippen molar-refractivity contribution in [1.82, 2.24) is 25.1 Å². The summed E-state index contributed by atoms with van der Waals surface area (Å²) >= 11 is 0. The van der Waals surface area contributed by atoms with E-state index in [1.54, 1.807) is 4.68 Å². The molecule has 1 spiro atoms. The van der Waals surface area contributed by atoms with Gasteiger partial charge in [0.15, 0.2) is 23.4 Å². The Morgan fingerprint density at radius 2 is 1.83 bits per heavy atom. The normalized spacial score (nSPS) is 27.4. The Kier molecular flexibility index (Phi) is 5.94. The summed E-state index contributed by atoms with van der Waals surface area (Å²) in [5.74, 6) is 1.30. The van der Waals surface area contributed by atoms with Crippen LogP contribution >= 0.6 is 0 Å². The van der Waals surface area contributed by atoms with Gasteiger partial charge in [0.05, 0.1) is 16.7 Å². The number of piperidine rings is 1. The predicted molar refractivity (Wildman–Crippen MR) is 154 cm³/mol. The van der Waals surface area contributed by atoms with Crippen molar-refractivity contribution in [3.05, 3.63) is 89.5 Å². The fraction of sp³-hybridized carbons (Fsp3) is 0.394. The number of aryl methyl sites for hydroxylation is 1. The Labute approximate surface area is 244 Å². The molecule has 4 aromatic rings. The molecule has 0 amide bonds. The number of Topliss-reactive ketones (excluding diaryl/α,β-unsaturated/α-hetero) is 1. The summed E-state index contributed by atoms with van der Waals surface area (Å²) in [7, 11) is 2.20. The second kappa shape index (κ2) is 9.74. The van der Waals surface area contributed by atoms with Crippen LogP contribution in [0.5, 0.6) is 17.5 Å². The van der Waals surface area contributed by atoms with Crippen LogP contribution in [0.15, 0.2) is 72.8 Å². The Bertz CT molecular complexity index is 1640. The molecular formula is C33H33N5O4. The second-order valence-electron chi connectivity index (χ2n) is 12.0. The highest BCUT2D eigenvalue weighted by atomic mass is 16.6. The molecule has 2 bridgehead atoms. The zero-order valence-electron chi connectivity index (χ0n) is 23.6. The van der Waals surface area contributed by atoms with Crippen LogP contribution in [0.1, 0.15) is 42.4 Å². The van der Waals surface area contributed by atoms with Gasteiger partial charge in [-0.1, -0.05) is 59.7 Å². The standard InChI is InChI=1S/C33H33N5O4/c1-37-19-18-32-28-23-14-15-26(41-31-34-35-36-38(31)24-12-6-3-7-13-24)29(28)42-30(32)25(39)16-17-33(32,27(37)21-23)40-20-8-11-22-9-4-2-5-10-22/h2-7,9-10,12-15,27,30H,8,11,16-21H2,1H3/t27-,30?,32+,33-/m1/s1. The van der Waals surface area contributed by atoms with Gasteiger partial charge in [0.2, 0.25) is 0 Å². The van der Waals surface area contributed by atoms with Crippen molar-refractivity contribution in [1.29, 1.82) is 0 Å². The smallest absolute Gasteiger partial charge is 0.346 e. The monoisotopic (exact) mass is 563 g/mol. The van der Waals surface area contributed by atoms with Gasteiger partial charge in [-0.05, 0) is 85.4 Å². The lowest BCUT2D eigenvalue weighted by atomic mass is 9.49. The van der Waals surface area contributed by atoms with Gasteiger partial charge in [-0.3, -0.25) is 4.79 Å².